The highest BCUT2D eigenvalue weighted by atomic mass is 19.1. The summed E-state index contributed by atoms with van der Waals surface area (Å²) in [6.07, 6.45) is 0. The smallest absolute Gasteiger partial charge is 0.128 e. The van der Waals surface area contributed by atoms with Gasteiger partial charge in [-0.25, -0.2) is 8.78 Å². The molecule has 1 aromatic carbocycles. The molecule has 0 atom stereocenters. The average Bonchev–Trinajstić information content (AvgIpc) is 1.85. The van der Waals surface area contributed by atoms with Gasteiger partial charge in [-0.15, -0.1) is 0 Å². The topological polar surface area (TPSA) is 32.3 Å². The van der Waals surface area contributed by atoms with Gasteiger partial charge in [0.05, 0.1) is 5.69 Å². The normalized spacial score (nSPS) is 9.50. The van der Waals surface area contributed by atoms with Crippen molar-refractivity contribution in [3.05, 3.63) is 29.8 Å². The van der Waals surface area contributed by atoms with Crippen LogP contribution in [0.15, 0.2) is 18.2 Å². The van der Waals surface area contributed by atoms with Gasteiger partial charge in [-0.05, 0) is 12.1 Å². The molecule has 0 aliphatic heterocycles. The quantitative estimate of drug-likeness (QED) is 0.590. The Morgan fingerprint density at radius 3 is 2.00 bits per heavy atom. The predicted molar refractivity (Wildman–Crippen MR) is 31.8 cm³/mol. The van der Waals surface area contributed by atoms with Crippen LogP contribution in [0.3, 0.4) is 0 Å². The molecule has 0 amide bonds. The summed E-state index contributed by atoms with van der Waals surface area (Å²) in [7, 11) is 0. The Kier molecular flexibility index (Phi) is 1.82. The molecule has 10 heavy (non-hydrogen) atoms. The van der Waals surface area contributed by atoms with E-state index in [-0.39, 0.29) is 5.69 Å². The molecule has 0 saturated carbocycles. The third-order valence-corrected chi connectivity index (χ3v) is 0.992. The highest BCUT2D eigenvalue weighted by Gasteiger charge is 1.97. The molecule has 0 heterocycles. The fourth-order valence-corrected chi connectivity index (χ4v) is 0.618. The van der Waals surface area contributed by atoms with Gasteiger partial charge in [0.1, 0.15) is 11.6 Å². The van der Waals surface area contributed by atoms with Gasteiger partial charge in [-0.3, -0.25) is 10.7 Å². The molecule has 0 aromatic heterocycles. The van der Waals surface area contributed by atoms with Crippen LogP contribution in [0.25, 0.3) is 0 Å². The van der Waals surface area contributed by atoms with E-state index in [1.54, 1.807) is 5.48 Å². The maximum absolute atomic E-state index is 12.2. The van der Waals surface area contributed by atoms with Crippen LogP contribution in [0, 0.1) is 11.6 Å². The van der Waals surface area contributed by atoms with E-state index >= 15 is 0 Å². The number of hydrogen-bond donors (Lipinski definition) is 2. The first kappa shape index (κ1) is 6.95. The predicted octanol–water partition coefficient (Wildman–Crippen LogP) is 1.77. The van der Waals surface area contributed by atoms with E-state index in [1.165, 1.54) is 0 Å². The number of nitrogens with one attached hydrogen (secondary N) is 1. The summed E-state index contributed by atoms with van der Waals surface area (Å²) in [4.78, 5) is 0. The number of benzene rings is 1. The second-order valence-corrected chi connectivity index (χ2v) is 1.77. The molecule has 0 aliphatic rings. The van der Waals surface area contributed by atoms with Crippen molar-refractivity contribution in [2.24, 2.45) is 0 Å². The van der Waals surface area contributed by atoms with Crippen molar-refractivity contribution in [2.45, 2.75) is 0 Å². The van der Waals surface area contributed by atoms with Gasteiger partial charge < -0.3 is 0 Å². The first-order chi connectivity index (χ1) is 4.72. The lowest BCUT2D eigenvalue weighted by Crippen LogP contribution is -1.90. The summed E-state index contributed by atoms with van der Waals surface area (Å²) >= 11 is 0. The monoisotopic (exact) mass is 145 g/mol. The first-order valence-corrected chi connectivity index (χ1v) is 2.58. The van der Waals surface area contributed by atoms with E-state index in [1.807, 2.05) is 0 Å². The zero-order valence-electron chi connectivity index (χ0n) is 4.94. The largest absolute Gasteiger partial charge is 0.291 e. The molecule has 0 radical (unpaired) electrons. The van der Waals surface area contributed by atoms with Crippen molar-refractivity contribution in [3.63, 3.8) is 0 Å². The summed E-state index contributed by atoms with van der Waals surface area (Å²) in [6, 6.07) is 2.67. The highest BCUT2D eigenvalue weighted by molar-refractivity contribution is 5.40. The third-order valence-electron chi connectivity index (χ3n) is 0.992. The SMILES string of the molecule is ONc1cc(F)cc(F)c1. The van der Waals surface area contributed by atoms with Crippen molar-refractivity contribution >= 4 is 5.69 Å². The van der Waals surface area contributed by atoms with Gasteiger partial charge >= 0.3 is 0 Å². The Bertz CT molecular complexity index is 219. The average molecular weight is 145 g/mol. The molecule has 0 saturated heterocycles. The number of rotatable bonds is 1. The Labute approximate surface area is 56.1 Å². The Balaban J connectivity index is 3.06. The minimum Gasteiger partial charge on any atom is -0.291 e. The molecular weight excluding hydrogens is 140 g/mol. The fraction of sp³-hybridized carbons (Fsp3) is 0. The zero-order valence-corrected chi connectivity index (χ0v) is 4.94. The standard InChI is InChI=1S/C6H5F2NO/c7-4-1-5(8)3-6(2-4)9-10/h1-3,9-10H. The summed E-state index contributed by atoms with van der Waals surface area (Å²) in [5.41, 5.74) is 1.63. The van der Waals surface area contributed by atoms with Crippen LogP contribution in [-0.4, -0.2) is 5.21 Å². The van der Waals surface area contributed by atoms with Gasteiger partial charge in [-0.2, -0.15) is 0 Å². The van der Waals surface area contributed by atoms with E-state index in [0.29, 0.717) is 0 Å². The molecule has 0 bridgehead atoms. The molecule has 2 N–H and O–H groups in total. The van der Waals surface area contributed by atoms with Crippen molar-refractivity contribution in [2.75, 3.05) is 5.48 Å². The third kappa shape index (κ3) is 1.41. The van der Waals surface area contributed by atoms with Gasteiger partial charge in [-0.1, -0.05) is 0 Å². The zero-order chi connectivity index (χ0) is 7.56. The molecule has 54 valence electrons. The molecule has 0 spiro atoms. The minimum atomic E-state index is -0.725. The molecule has 1 aromatic rings. The molecule has 4 heteroatoms. The summed E-state index contributed by atoms with van der Waals surface area (Å²) in [5, 5.41) is 8.20. The fourth-order valence-electron chi connectivity index (χ4n) is 0.618. The lowest BCUT2D eigenvalue weighted by molar-refractivity contribution is 0.387. The van der Waals surface area contributed by atoms with Gasteiger partial charge in [0.25, 0.3) is 0 Å². The Morgan fingerprint density at radius 1 is 1.10 bits per heavy atom. The van der Waals surface area contributed by atoms with Crippen LogP contribution < -0.4 is 5.48 Å². The summed E-state index contributed by atoms with van der Waals surface area (Å²) in [5.74, 6) is -1.45. The number of hydrogen-bond acceptors (Lipinski definition) is 2. The number of halogens is 2. The van der Waals surface area contributed by atoms with E-state index in [9.17, 15) is 8.78 Å². The van der Waals surface area contributed by atoms with Crippen LogP contribution in [-0.2, 0) is 0 Å². The van der Waals surface area contributed by atoms with Crippen LogP contribution in [0.2, 0.25) is 0 Å². The minimum absolute atomic E-state index is 0.00231. The van der Waals surface area contributed by atoms with Crippen LogP contribution in [0.1, 0.15) is 0 Å². The number of anilines is 1. The maximum atomic E-state index is 12.2. The van der Waals surface area contributed by atoms with E-state index in [2.05, 4.69) is 0 Å². The summed E-state index contributed by atoms with van der Waals surface area (Å²) in [6.45, 7) is 0. The molecule has 0 fully saturated rings. The first-order valence-electron chi connectivity index (χ1n) is 2.58. The maximum Gasteiger partial charge on any atom is 0.128 e. The Hall–Kier alpha value is -1.16. The van der Waals surface area contributed by atoms with E-state index < -0.39 is 11.6 Å². The Morgan fingerprint density at radius 2 is 1.60 bits per heavy atom. The molecule has 1 rings (SSSR count). The van der Waals surface area contributed by atoms with Crippen molar-refractivity contribution < 1.29 is 14.0 Å². The van der Waals surface area contributed by atoms with Gasteiger partial charge in [0.2, 0.25) is 0 Å². The van der Waals surface area contributed by atoms with E-state index in [4.69, 9.17) is 5.21 Å². The molecule has 0 unspecified atom stereocenters. The van der Waals surface area contributed by atoms with Crippen molar-refractivity contribution in [1.82, 2.24) is 0 Å². The van der Waals surface area contributed by atoms with Crippen LogP contribution >= 0.6 is 0 Å². The molecular formula is C6H5F2NO. The lowest BCUT2D eigenvalue weighted by Gasteiger charge is -1.97. The lowest BCUT2D eigenvalue weighted by atomic mass is 10.3. The van der Waals surface area contributed by atoms with E-state index in [0.717, 1.165) is 18.2 Å². The van der Waals surface area contributed by atoms with Gasteiger partial charge in [0, 0.05) is 6.07 Å². The molecule has 0 aliphatic carbocycles. The van der Waals surface area contributed by atoms with Crippen LogP contribution in [0.4, 0.5) is 14.5 Å². The van der Waals surface area contributed by atoms with Crippen molar-refractivity contribution in [3.8, 4) is 0 Å². The second kappa shape index (κ2) is 2.62. The van der Waals surface area contributed by atoms with Gasteiger partial charge in [0.15, 0.2) is 0 Å². The second-order valence-electron chi connectivity index (χ2n) is 1.77. The highest BCUT2D eigenvalue weighted by Crippen LogP contribution is 2.11. The van der Waals surface area contributed by atoms with Crippen LogP contribution in [0.5, 0.6) is 0 Å². The van der Waals surface area contributed by atoms with Crippen molar-refractivity contribution in [1.29, 1.82) is 0 Å². The summed E-state index contributed by atoms with van der Waals surface area (Å²) < 4.78 is 24.4. The molecule has 2 nitrogen and oxygen atoms in total.